The van der Waals surface area contributed by atoms with E-state index < -0.39 is 18.9 Å². The summed E-state index contributed by atoms with van der Waals surface area (Å²) in [7, 11) is 0. The highest BCUT2D eigenvalue weighted by molar-refractivity contribution is 7.15. The van der Waals surface area contributed by atoms with Crippen LogP contribution in [0.25, 0.3) is 21.7 Å². The molecular weight excluding hydrogens is 551 g/mol. The van der Waals surface area contributed by atoms with E-state index in [1.165, 1.54) is 29.5 Å². The Morgan fingerprint density at radius 1 is 0.975 bits per heavy atom. The standard InChI is InChI=1S/C28H22F3NO7S/c1-16-11-19(6-8-21(16)38-15-25(33)34)37-14-24-32-26(17-5-7-22-23(13-17)36-10-9-35-22)27(40-24)18-3-2-4-20(12-18)39-28(29,30)31/h2-8,11-13H,9-10,14-15H2,1H3,(H,33,34). The molecule has 0 unspecified atom stereocenters. The van der Waals surface area contributed by atoms with Crippen LogP contribution in [0, 0.1) is 6.92 Å². The van der Waals surface area contributed by atoms with Gasteiger partial charge in [0.2, 0.25) is 0 Å². The molecule has 0 fully saturated rings. The van der Waals surface area contributed by atoms with E-state index in [0.29, 0.717) is 68.5 Å². The lowest BCUT2D eigenvalue weighted by molar-refractivity contribution is -0.274. The molecule has 0 bridgehead atoms. The molecule has 12 heteroatoms. The van der Waals surface area contributed by atoms with Gasteiger partial charge in [0, 0.05) is 5.56 Å². The molecule has 0 saturated carbocycles. The van der Waals surface area contributed by atoms with E-state index in [9.17, 15) is 18.0 Å². The van der Waals surface area contributed by atoms with Crippen molar-refractivity contribution in [3.8, 4) is 50.4 Å². The van der Waals surface area contributed by atoms with Crippen LogP contribution in [-0.4, -0.2) is 42.2 Å². The molecule has 1 aromatic heterocycles. The van der Waals surface area contributed by atoms with Crippen molar-refractivity contribution < 1.29 is 46.8 Å². The van der Waals surface area contributed by atoms with Gasteiger partial charge in [-0.2, -0.15) is 0 Å². The highest BCUT2D eigenvalue weighted by atomic mass is 32.1. The number of carbonyl (C=O) groups is 1. The number of carboxylic acid groups (broad SMARTS) is 1. The summed E-state index contributed by atoms with van der Waals surface area (Å²) in [5, 5.41) is 9.39. The Labute approximate surface area is 230 Å². The minimum atomic E-state index is -4.82. The molecule has 8 nitrogen and oxygen atoms in total. The molecule has 40 heavy (non-hydrogen) atoms. The van der Waals surface area contributed by atoms with E-state index in [1.54, 1.807) is 43.3 Å². The summed E-state index contributed by atoms with van der Waals surface area (Å²) in [5.41, 5.74) is 2.42. The van der Waals surface area contributed by atoms with Gasteiger partial charge in [0.25, 0.3) is 0 Å². The van der Waals surface area contributed by atoms with Gasteiger partial charge >= 0.3 is 12.3 Å². The van der Waals surface area contributed by atoms with Crippen LogP contribution in [0.5, 0.6) is 28.7 Å². The fourth-order valence-corrected chi connectivity index (χ4v) is 5.00. The molecule has 5 rings (SSSR count). The van der Waals surface area contributed by atoms with Crippen LogP contribution in [-0.2, 0) is 11.4 Å². The number of aryl methyl sites for hydroxylation is 1. The van der Waals surface area contributed by atoms with Crippen LogP contribution in [0.3, 0.4) is 0 Å². The number of alkyl halides is 3. The molecule has 3 aromatic carbocycles. The highest BCUT2D eigenvalue weighted by Crippen LogP contribution is 2.42. The Bertz CT molecular complexity index is 1540. The SMILES string of the molecule is Cc1cc(OCc2nc(-c3ccc4c(c3)OCCO4)c(-c3cccc(OC(F)(F)F)c3)s2)ccc1OCC(=O)O. The number of ether oxygens (including phenoxy) is 5. The lowest BCUT2D eigenvalue weighted by Gasteiger charge is -2.18. The average Bonchev–Trinajstić information content (AvgIpc) is 3.35. The van der Waals surface area contributed by atoms with E-state index in [0.717, 1.165) is 0 Å². The Balaban J connectivity index is 1.45. The third kappa shape index (κ3) is 6.57. The smallest absolute Gasteiger partial charge is 0.486 e. The second-order valence-electron chi connectivity index (χ2n) is 8.62. The normalized spacial score (nSPS) is 12.6. The van der Waals surface area contributed by atoms with Gasteiger partial charge in [0.15, 0.2) is 18.1 Å². The Morgan fingerprint density at radius 2 is 1.77 bits per heavy atom. The first-order valence-corrected chi connectivity index (χ1v) is 12.8. The maximum atomic E-state index is 12.9. The number of hydrogen-bond donors (Lipinski definition) is 1. The first-order chi connectivity index (χ1) is 19.1. The number of halogens is 3. The second-order valence-corrected chi connectivity index (χ2v) is 9.70. The maximum Gasteiger partial charge on any atom is 0.573 e. The van der Waals surface area contributed by atoms with Gasteiger partial charge in [-0.05, 0) is 66.6 Å². The average molecular weight is 574 g/mol. The monoisotopic (exact) mass is 573 g/mol. The number of thiazole rings is 1. The molecule has 2 heterocycles. The minimum Gasteiger partial charge on any atom is -0.486 e. The fourth-order valence-electron chi connectivity index (χ4n) is 4.00. The van der Waals surface area contributed by atoms with Crippen LogP contribution in [0.4, 0.5) is 13.2 Å². The number of fused-ring (bicyclic) bond motifs is 1. The molecule has 0 aliphatic carbocycles. The van der Waals surface area contributed by atoms with Gasteiger partial charge in [0.1, 0.15) is 42.1 Å². The fraction of sp³-hybridized carbons (Fsp3) is 0.214. The summed E-state index contributed by atoms with van der Waals surface area (Å²) in [4.78, 5) is 16.1. The van der Waals surface area contributed by atoms with Gasteiger partial charge in [-0.1, -0.05) is 12.1 Å². The number of benzene rings is 3. The summed E-state index contributed by atoms with van der Waals surface area (Å²) >= 11 is 1.27. The van der Waals surface area contributed by atoms with Crippen molar-refractivity contribution >= 4 is 17.3 Å². The molecule has 0 amide bonds. The van der Waals surface area contributed by atoms with Gasteiger partial charge in [-0.25, -0.2) is 9.78 Å². The number of aromatic nitrogens is 1. The third-order valence-corrected chi connectivity index (χ3v) is 6.75. The van der Waals surface area contributed by atoms with E-state index in [2.05, 4.69) is 4.74 Å². The predicted octanol–water partition coefficient (Wildman–Crippen LogP) is 6.50. The minimum absolute atomic E-state index is 0.0791. The van der Waals surface area contributed by atoms with Crippen molar-refractivity contribution in [3.05, 3.63) is 71.2 Å². The van der Waals surface area contributed by atoms with Crippen molar-refractivity contribution in [1.29, 1.82) is 0 Å². The summed E-state index contributed by atoms with van der Waals surface area (Å²) in [6, 6.07) is 16.1. The van der Waals surface area contributed by atoms with E-state index >= 15 is 0 Å². The van der Waals surface area contributed by atoms with E-state index in [4.69, 9.17) is 29.0 Å². The Kier molecular flexibility index (Phi) is 7.69. The third-order valence-electron chi connectivity index (χ3n) is 5.68. The molecule has 0 spiro atoms. The van der Waals surface area contributed by atoms with Crippen LogP contribution in [0.1, 0.15) is 10.6 Å². The number of aliphatic carboxylic acids is 1. The first-order valence-electron chi connectivity index (χ1n) is 12.0. The van der Waals surface area contributed by atoms with Crippen LogP contribution in [0.15, 0.2) is 60.7 Å². The number of hydrogen-bond acceptors (Lipinski definition) is 8. The van der Waals surface area contributed by atoms with Crippen LogP contribution >= 0.6 is 11.3 Å². The van der Waals surface area contributed by atoms with Crippen LogP contribution < -0.4 is 23.7 Å². The molecule has 1 N–H and O–H groups in total. The zero-order valence-electron chi connectivity index (χ0n) is 21.0. The summed E-state index contributed by atoms with van der Waals surface area (Å²) < 4.78 is 65.2. The predicted molar refractivity (Wildman–Crippen MR) is 139 cm³/mol. The lowest BCUT2D eigenvalue weighted by Crippen LogP contribution is -2.17. The van der Waals surface area contributed by atoms with Crippen LogP contribution in [0.2, 0.25) is 0 Å². The van der Waals surface area contributed by atoms with Gasteiger partial charge < -0.3 is 28.8 Å². The van der Waals surface area contributed by atoms with Crippen molar-refractivity contribution in [1.82, 2.24) is 4.98 Å². The molecule has 0 atom stereocenters. The van der Waals surface area contributed by atoms with Gasteiger partial charge in [0.05, 0.1) is 10.6 Å². The number of carboxylic acids is 1. The topological polar surface area (TPSA) is 96.3 Å². The molecular formula is C28H22F3NO7S. The van der Waals surface area contributed by atoms with Gasteiger partial charge in [-0.3, -0.25) is 0 Å². The van der Waals surface area contributed by atoms with Gasteiger partial charge in [-0.15, -0.1) is 24.5 Å². The molecule has 4 aromatic rings. The van der Waals surface area contributed by atoms with Crippen molar-refractivity contribution in [3.63, 3.8) is 0 Å². The molecule has 1 aliphatic heterocycles. The van der Waals surface area contributed by atoms with Crippen molar-refractivity contribution in [2.24, 2.45) is 0 Å². The largest absolute Gasteiger partial charge is 0.573 e. The van der Waals surface area contributed by atoms with Crippen molar-refractivity contribution in [2.75, 3.05) is 19.8 Å². The molecule has 0 radical (unpaired) electrons. The second kappa shape index (κ2) is 11.3. The van der Waals surface area contributed by atoms with E-state index in [1.807, 2.05) is 6.07 Å². The summed E-state index contributed by atoms with van der Waals surface area (Å²) in [5.74, 6) is 0.664. The highest BCUT2D eigenvalue weighted by Gasteiger charge is 2.31. The number of nitrogens with zero attached hydrogens (tertiary/aromatic N) is 1. The Morgan fingerprint density at radius 3 is 2.52 bits per heavy atom. The molecule has 0 saturated heterocycles. The zero-order valence-corrected chi connectivity index (χ0v) is 21.8. The summed E-state index contributed by atoms with van der Waals surface area (Å²) in [6.45, 7) is 2.22. The first kappa shape index (κ1) is 27.1. The molecule has 208 valence electrons. The lowest BCUT2D eigenvalue weighted by atomic mass is 10.1. The summed E-state index contributed by atoms with van der Waals surface area (Å²) in [6.07, 6.45) is -4.82. The quantitative estimate of drug-likeness (QED) is 0.243. The van der Waals surface area contributed by atoms with Crippen molar-refractivity contribution in [2.45, 2.75) is 19.9 Å². The number of rotatable bonds is 9. The zero-order chi connectivity index (χ0) is 28.3. The maximum absolute atomic E-state index is 12.9. The molecule has 1 aliphatic rings. The van der Waals surface area contributed by atoms with E-state index in [-0.39, 0.29) is 12.4 Å². The Hall–Kier alpha value is -4.45.